The van der Waals surface area contributed by atoms with Crippen LogP contribution in [0.15, 0.2) is 59.7 Å². The van der Waals surface area contributed by atoms with Gasteiger partial charge in [0.25, 0.3) is 0 Å². The summed E-state index contributed by atoms with van der Waals surface area (Å²) in [4.78, 5) is 18.0. The number of nitrogens with one attached hydrogen (secondary N) is 1. The Hall–Kier alpha value is -3.38. The Bertz CT molecular complexity index is 1560. The Balaban J connectivity index is 1.62. The molecule has 1 fully saturated rings. The van der Waals surface area contributed by atoms with Crippen LogP contribution in [-0.4, -0.2) is 67.0 Å². The number of likely N-dealkylation sites (N-methyl/N-ethyl adjacent to an activating group) is 1. The first kappa shape index (κ1) is 23.4. The van der Waals surface area contributed by atoms with Gasteiger partial charge in [-0.15, -0.1) is 0 Å². The van der Waals surface area contributed by atoms with Crippen molar-refractivity contribution in [1.29, 1.82) is 0 Å². The van der Waals surface area contributed by atoms with Crippen molar-refractivity contribution in [3.63, 3.8) is 0 Å². The first-order chi connectivity index (χ1) is 16.8. The number of nitrogens with zero attached hydrogens (tertiary/aromatic N) is 4. The molecule has 11 heteroatoms. The number of aryl methyl sites for hydroxylation is 1. The van der Waals surface area contributed by atoms with Gasteiger partial charge in [0.05, 0.1) is 37.6 Å². The number of hydrogen-bond donors (Lipinski definition) is 1. The van der Waals surface area contributed by atoms with E-state index in [1.165, 1.54) is 11.4 Å². The van der Waals surface area contributed by atoms with E-state index >= 15 is 0 Å². The quantitative estimate of drug-likeness (QED) is 0.436. The molecule has 2 aromatic carbocycles. The van der Waals surface area contributed by atoms with Crippen LogP contribution >= 0.6 is 0 Å². The Morgan fingerprint density at radius 1 is 1.17 bits per heavy atom. The number of benzene rings is 1. The van der Waals surface area contributed by atoms with E-state index in [0.717, 1.165) is 5.39 Å². The molecule has 0 aliphatic carbocycles. The summed E-state index contributed by atoms with van der Waals surface area (Å²) in [7, 11) is -0.766. The van der Waals surface area contributed by atoms with Crippen molar-refractivity contribution in [3.05, 3.63) is 65.1 Å². The summed E-state index contributed by atoms with van der Waals surface area (Å²) >= 11 is 0. The molecular weight excluding hydrogens is 470 g/mol. The van der Waals surface area contributed by atoms with Crippen LogP contribution in [0, 0.1) is 0 Å². The summed E-state index contributed by atoms with van der Waals surface area (Å²) in [6, 6.07) is 12.5. The molecule has 35 heavy (non-hydrogen) atoms. The number of fused-ring (bicyclic) bond motifs is 2. The Morgan fingerprint density at radius 3 is 2.74 bits per heavy atom. The lowest BCUT2D eigenvalue weighted by Crippen LogP contribution is -2.42. The van der Waals surface area contributed by atoms with Crippen molar-refractivity contribution >= 4 is 37.7 Å². The topological polar surface area (TPSA) is 116 Å². The maximum atomic E-state index is 13.4. The van der Waals surface area contributed by atoms with Gasteiger partial charge in [-0.25, -0.2) is 4.98 Å². The molecule has 1 atom stereocenters. The molecule has 2 aromatic heterocycles. The van der Waals surface area contributed by atoms with Gasteiger partial charge in [0, 0.05) is 48.7 Å². The van der Waals surface area contributed by atoms with Gasteiger partial charge in [0.2, 0.25) is 0 Å². The van der Waals surface area contributed by atoms with Crippen LogP contribution in [-0.2, 0) is 26.7 Å². The molecule has 1 saturated heterocycles. The van der Waals surface area contributed by atoms with Gasteiger partial charge < -0.3 is 9.47 Å². The fourth-order valence-electron chi connectivity index (χ4n) is 4.08. The summed E-state index contributed by atoms with van der Waals surface area (Å²) in [5.41, 5.74) is 1.27. The van der Waals surface area contributed by atoms with Crippen molar-refractivity contribution in [2.75, 3.05) is 38.1 Å². The zero-order valence-electron chi connectivity index (χ0n) is 19.3. The van der Waals surface area contributed by atoms with Gasteiger partial charge in [0.15, 0.2) is 5.43 Å². The number of ether oxygens (including phenoxy) is 2. The fourth-order valence-corrected chi connectivity index (χ4v) is 5.00. The largest absolute Gasteiger partial charge is 0.376 e. The summed E-state index contributed by atoms with van der Waals surface area (Å²) in [5, 5.41) is 5.92. The van der Waals surface area contributed by atoms with Crippen molar-refractivity contribution in [3.8, 4) is 11.1 Å². The lowest BCUT2D eigenvalue weighted by atomic mass is 10.1. The van der Waals surface area contributed by atoms with E-state index in [1.807, 2.05) is 18.2 Å². The van der Waals surface area contributed by atoms with E-state index in [1.54, 1.807) is 48.4 Å². The van der Waals surface area contributed by atoms with Crippen LogP contribution < -0.4 is 10.2 Å². The normalized spacial score (nSPS) is 16.7. The number of hydrogen-bond acceptors (Lipinski definition) is 7. The Kier molecular flexibility index (Phi) is 6.24. The molecule has 0 unspecified atom stereocenters. The number of rotatable bonds is 6. The third kappa shape index (κ3) is 4.76. The summed E-state index contributed by atoms with van der Waals surface area (Å²) in [6.45, 7) is 1.36. The summed E-state index contributed by atoms with van der Waals surface area (Å²) < 4.78 is 42.8. The molecular formula is C24H25N5O5S. The molecule has 0 saturated carbocycles. The third-order valence-corrected chi connectivity index (χ3v) is 7.34. The van der Waals surface area contributed by atoms with Crippen LogP contribution in [0.1, 0.15) is 0 Å². The van der Waals surface area contributed by atoms with Crippen molar-refractivity contribution < 1.29 is 17.9 Å². The highest BCUT2D eigenvalue weighted by Crippen LogP contribution is 2.30. The molecule has 0 amide bonds. The zero-order valence-corrected chi connectivity index (χ0v) is 20.2. The number of pyridine rings is 1. The second kappa shape index (κ2) is 9.34. The van der Waals surface area contributed by atoms with Crippen LogP contribution in [0.2, 0.25) is 0 Å². The zero-order chi connectivity index (χ0) is 24.6. The lowest BCUT2D eigenvalue weighted by molar-refractivity contribution is -0.0908. The molecule has 10 nitrogen and oxygen atoms in total. The first-order valence-electron chi connectivity index (χ1n) is 11.1. The average Bonchev–Trinajstić information content (AvgIpc) is 3.23. The standard InChI is InChI=1S/C24H25N5O5S/c1-28-13-17(12-25-28)20-11-21-22(8-7-16-5-3-4-6-19(16)23(21)30)26-24(20)27-35(31,32)29(2)14-18-15-33-9-10-34-18/h3-8,11-13,18H,9-10,14-15H2,1-2H3,(H,26,27)/t18-/m1/s1. The maximum Gasteiger partial charge on any atom is 0.302 e. The fraction of sp³-hybridized carbons (Fsp3) is 0.292. The van der Waals surface area contributed by atoms with E-state index in [-0.39, 0.29) is 23.9 Å². The number of aromatic nitrogens is 3. The van der Waals surface area contributed by atoms with Gasteiger partial charge in [-0.3, -0.25) is 14.2 Å². The smallest absolute Gasteiger partial charge is 0.302 e. The summed E-state index contributed by atoms with van der Waals surface area (Å²) in [5.74, 6) is 0.104. The molecule has 0 bridgehead atoms. The van der Waals surface area contributed by atoms with Gasteiger partial charge in [0.1, 0.15) is 5.82 Å². The monoisotopic (exact) mass is 495 g/mol. The molecule has 1 aliphatic rings. The average molecular weight is 496 g/mol. The van der Waals surface area contributed by atoms with E-state index in [9.17, 15) is 13.2 Å². The van der Waals surface area contributed by atoms with E-state index in [0.29, 0.717) is 47.2 Å². The second-order valence-corrected chi connectivity index (χ2v) is 10.2. The highest BCUT2D eigenvalue weighted by molar-refractivity contribution is 7.90. The molecule has 3 heterocycles. The second-order valence-electron chi connectivity index (χ2n) is 8.43. The minimum atomic E-state index is -3.99. The van der Waals surface area contributed by atoms with Crippen LogP contribution in [0.3, 0.4) is 0 Å². The highest BCUT2D eigenvalue weighted by Gasteiger charge is 2.26. The predicted octanol–water partition coefficient (Wildman–Crippen LogP) is 2.15. The minimum absolute atomic E-state index is 0.104. The van der Waals surface area contributed by atoms with Gasteiger partial charge >= 0.3 is 10.2 Å². The van der Waals surface area contributed by atoms with E-state index in [2.05, 4.69) is 14.8 Å². The Labute approximate surface area is 202 Å². The highest BCUT2D eigenvalue weighted by atomic mass is 32.2. The van der Waals surface area contributed by atoms with Crippen LogP contribution in [0.5, 0.6) is 0 Å². The molecule has 4 aromatic rings. The third-order valence-electron chi connectivity index (χ3n) is 5.92. The van der Waals surface area contributed by atoms with E-state index in [4.69, 9.17) is 9.47 Å². The van der Waals surface area contributed by atoms with Gasteiger partial charge in [-0.05, 0) is 17.5 Å². The summed E-state index contributed by atoms with van der Waals surface area (Å²) in [6.07, 6.45) is 2.98. The first-order valence-corrected chi connectivity index (χ1v) is 12.5. The molecule has 0 radical (unpaired) electrons. The molecule has 5 rings (SSSR count). The maximum absolute atomic E-state index is 13.4. The molecule has 1 aliphatic heterocycles. The van der Waals surface area contributed by atoms with Gasteiger partial charge in [-0.2, -0.15) is 17.8 Å². The molecule has 0 spiro atoms. The van der Waals surface area contributed by atoms with Gasteiger partial charge in [-0.1, -0.05) is 30.3 Å². The predicted molar refractivity (Wildman–Crippen MR) is 133 cm³/mol. The lowest BCUT2D eigenvalue weighted by Gasteiger charge is -2.27. The van der Waals surface area contributed by atoms with Crippen molar-refractivity contribution in [2.24, 2.45) is 7.05 Å². The van der Waals surface area contributed by atoms with Crippen LogP contribution in [0.25, 0.3) is 32.8 Å². The SMILES string of the molecule is CN(C[C@@H]1COCCO1)S(=O)(=O)Nc1nc2ccc3ccccc3c(=O)c2cc1-c1cnn(C)c1. The van der Waals surface area contributed by atoms with Crippen molar-refractivity contribution in [1.82, 2.24) is 19.1 Å². The molecule has 182 valence electrons. The van der Waals surface area contributed by atoms with Crippen molar-refractivity contribution in [2.45, 2.75) is 6.10 Å². The van der Waals surface area contributed by atoms with E-state index < -0.39 is 10.2 Å². The molecule has 1 N–H and O–H groups in total. The van der Waals surface area contributed by atoms with Crippen LogP contribution in [0.4, 0.5) is 5.82 Å². The minimum Gasteiger partial charge on any atom is -0.376 e. The Morgan fingerprint density at radius 2 is 2.00 bits per heavy atom. The number of anilines is 1.